The number of nitrogens with zero attached hydrogens (tertiary/aromatic N) is 1. The average Bonchev–Trinajstić information content (AvgIpc) is 2.65. The third-order valence-corrected chi connectivity index (χ3v) is 4.27. The number of rotatable bonds is 5. The van der Waals surface area contributed by atoms with Crippen LogP contribution < -0.4 is 5.32 Å². The van der Waals surface area contributed by atoms with Gasteiger partial charge in [0.25, 0.3) is 0 Å². The Balaban J connectivity index is 2.31. The lowest BCUT2D eigenvalue weighted by Crippen LogP contribution is -2.46. The summed E-state index contributed by atoms with van der Waals surface area (Å²) in [6.07, 6.45) is 4.52. The van der Waals surface area contributed by atoms with Gasteiger partial charge in [0.05, 0.1) is 6.17 Å². The van der Waals surface area contributed by atoms with Crippen LogP contribution in [-0.2, 0) is 0 Å². The van der Waals surface area contributed by atoms with Gasteiger partial charge in [-0.15, -0.1) is 9.24 Å². The zero-order chi connectivity index (χ0) is 12.2. The summed E-state index contributed by atoms with van der Waals surface area (Å²) in [7, 11) is 2.96. The number of hydrogen-bond acceptors (Lipinski definition) is 2. The highest BCUT2D eigenvalue weighted by atomic mass is 31.0. The molecule has 0 aromatic rings. The summed E-state index contributed by atoms with van der Waals surface area (Å²) < 4.78 is 0. The summed E-state index contributed by atoms with van der Waals surface area (Å²) in [5.41, 5.74) is 1.16. The molecule has 1 aliphatic heterocycles. The van der Waals surface area contributed by atoms with Crippen LogP contribution in [0.2, 0.25) is 0 Å². The lowest BCUT2D eigenvalue weighted by atomic mass is 9.92. The maximum atomic E-state index is 3.62. The fourth-order valence-electron chi connectivity index (χ4n) is 2.46. The van der Waals surface area contributed by atoms with E-state index in [9.17, 15) is 0 Å². The Labute approximate surface area is 104 Å². The van der Waals surface area contributed by atoms with Gasteiger partial charge < -0.3 is 5.32 Å². The predicted octanol–water partition coefficient (Wildman–Crippen LogP) is 2.70. The van der Waals surface area contributed by atoms with Gasteiger partial charge in [-0.2, -0.15) is 0 Å². The second kappa shape index (κ2) is 6.33. The molecule has 0 spiro atoms. The second-order valence-corrected chi connectivity index (χ2v) is 7.01. The molecule has 3 atom stereocenters. The highest BCUT2D eigenvalue weighted by molar-refractivity contribution is 7.17. The molecule has 0 radical (unpaired) electrons. The minimum absolute atomic E-state index is 0.349. The average molecular weight is 244 g/mol. The highest BCUT2D eigenvalue weighted by Crippen LogP contribution is 2.25. The molecule has 3 unspecified atom stereocenters. The molecule has 0 bridgehead atoms. The molecule has 2 nitrogen and oxygen atoms in total. The fourth-order valence-corrected chi connectivity index (χ4v) is 2.69. The second-order valence-electron chi connectivity index (χ2n) is 6.07. The van der Waals surface area contributed by atoms with Crippen molar-refractivity contribution in [2.45, 2.75) is 58.8 Å². The summed E-state index contributed by atoms with van der Waals surface area (Å²) in [5, 5.41) is 3.62. The quantitative estimate of drug-likeness (QED) is 0.748. The molecule has 0 amide bonds. The molecule has 1 heterocycles. The van der Waals surface area contributed by atoms with Gasteiger partial charge in [-0.05, 0) is 36.9 Å². The van der Waals surface area contributed by atoms with Crippen molar-refractivity contribution in [3.05, 3.63) is 0 Å². The van der Waals surface area contributed by atoms with E-state index in [1.165, 1.54) is 32.4 Å². The van der Waals surface area contributed by atoms with Crippen LogP contribution in [0.1, 0.15) is 47.0 Å². The maximum absolute atomic E-state index is 3.62. The van der Waals surface area contributed by atoms with Gasteiger partial charge >= 0.3 is 0 Å². The summed E-state index contributed by atoms with van der Waals surface area (Å²) >= 11 is 0. The maximum Gasteiger partial charge on any atom is 0.0647 e. The topological polar surface area (TPSA) is 15.3 Å². The first-order valence-corrected chi connectivity index (χ1v) is 7.35. The van der Waals surface area contributed by atoms with Gasteiger partial charge in [-0.25, -0.2) is 0 Å². The molecule has 0 aromatic carbocycles. The van der Waals surface area contributed by atoms with Crippen LogP contribution in [-0.4, -0.2) is 36.4 Å². The highest BCUT2D eigenvalue weighted by Gasteiger charge is 2.33. The Morgan fingerprint density at radius 2 is 2.12 bits per heavy atom. The standard InChI is InChI=1S/C13H29N2P/c1-5-11(16)7-6-9-15-10-8-14-12(15)13(2,3)4/h11-12,14H,5-10,16H2,1-4H3. The third-order valence-electron chi connectivity index (χ3n) is 3.47. The number of nitrogens with one attached hydrogen (secondary N) is 1. The van der Waals surface area contributed by atoms with E-state index in [2.05, 4.69) is 47.2 Å². The van der Waals surface area contributed by atoms with E-state index in [1.54, 1.807) is 0 Å². The van der Waals surface area contributed by atoms with E-state index < -0.39 is 0 Å². The lowest BCUT2D eigenvalue weighted by Gasteiger charge is -2.34. The van der Waals surface area contributed by atoms with Gasteiger partial charge in [0.1, 0.15) is 0 Å². The summed E-state index contributed by atoms with van der Waals surface area (Å²) in [5.74, 6) is 0. The van der Waals surface area contributed by atoms with Crippen molar-refractivity contribution in [2.24, 2.45) is 5.41 Å². The Hall–Kier alpha value is 0.350. The minimum Gasteiger partial charge on any atom is -0.300 e. The van der Waals surface area contributed by atoms with E-state index in [0.29, 0.717) is 11.6 Å². The van der Waals surface area contributed by atoms with Crippen LogP contribution in [0.4, 0.5) is 0 Å². The Kier molecular flexibility index (Phi) is 5.70. The first-order chi connectivity index (χ1) is 7.45. The van der Waals surface area contributed by atoms with E-state index in [1.807, 2.05) is 0 Å². The first kappa shape index (κ1) is 14.4. The van der Waals surface area contributed by atoms with Crippen molar-refractivity contribution in [2.75, 3.05) is 19.6 Å². The molecule has 1 aliphatic rings. The van der Waals surface area contributed by atoms with E-state index in [4.69, 9.17) is 0 Å². The lowest BCUT2D eigenvalue weighted by molar-refractivity contribution is 0.124. The van der Waals surface area contributed by atoms with Crippen molar-refractivity contribution < 1.29 is 0 Å². The van der Waals surface area contributed by atoms with Crippen molar-refractivity contribution >= 4 is 9.24 Å². The molecular formula is C13H29N2P. The summed E-state index contributed by atoms with van der Waals surface area (Å²) in [6.45, 7) is 12.9. The van der Waals surface area contributed by atoms with Crippen LogP contribution in [0, 0.1) is 5.41 Å². The molecule has 0 aliphatic carbocycles. The Morgan fingerprint density at radius 3 is 2.69 bits per heavy atom. The van der Waals surface area contributed by atoms with Crippen molar-refractivity contribution in [1.82, 2.24) is 10.2 Å². The zero-order valence-electron chi connectivity index (χ0n) is 11.4. The van der Waals surface area contributed by atoms with Crippen LogP contribution >= 0.6 is 9.24 Å². The van der Waals surface area contributed by atoms with Crippen molar-refractivity contribution in [1.29, 1.82) is 0 Å². The zero-order valence-corrected chi connectivity index (χ0v) is 12.6. The Bertz CT molecular complexity index is 201. The Morgan fingerprint density at radius 1 is 1.44 bits per heavy atom. The number of hydrogen-bond donors (Lipinski definition) is 1. The molecule has 1 fully saturated rings. The molecule has 1 saturated heterocycles. The van der Waals surface area contributed by atoms with Crippen LogP contribution in [0.25, 0.3) is 0 Å². The van der Waals surface area contributed by atoms with Crippen molar-refractivity contribution in [3.63, 3.8) is 0 Å². The van der Waals surface area contributed by atoms with E-state index in [0.717, 1.165) is 12.2 Å². The fraction of sp³-hybridized carbons (Fsp3) is 1.00. The molecule has 96 valence electrons. The van der Waals surface area contributed by atoms with Crippen molar-refractivity contribution in [3.8, 4) is 0 Å². The van der Waals surface area contributed by atoms with E-state index in [-0.39, 0.29) is 0 Å². The van der Waals surface area contributed by atoms with Crippen LogP contribution in [0.3, 0.4) is 0 Å². The molecule has 0 saturated carbocycles. The summed E-state index contributed by atoms with van der Waals surface area (Å²) in [4.78, 5) is 2.62. The molecule has 1 rings (SSSR count). The predicted molar refractivity (Wildman–Crippen MR) is 75.8 cm³/mol. The molecule has 3 heteroatoms. The van der Waals surface area contributed by atoms with Gasteiger partial charge in [-0.3, -0.25) is 4.90 Å². The van der Waals surface area contributed by atoms with Gasteiger partial charge in [0, 0.05) is 13.1 Å². The summed E-state index contributed by atoms with van der Waals surface area (Å²) in [6, 6.07) is 0. The molecule has 1 N–H and O–H groups in total. The SMILES string of the molecule is CCC(P)CCCN1CCNC1C(C)(C)C. The molecule has 0 aromatic heterocycles. The largest absolute Gasteiger partial charge is 0.300 e. The third kappa shape index (κ3) is 4.31. The van der Waals surface area contributed by atoms with Gasteiger partial charge in [-0.1, -0.05) is 27.7 Å². The van der Waals surface area contributed by atoms with Crippen LogP contribution in [0.5, 0.6) is 0 Å². The molecular weight excluding hydrogens is 215 g/mol. The smallest absolute Gasteiger partial charge is 0.0647 e. The van der Waals surface area contributed by atoms with Gasteiger partial charge in [0.15, 0.2) is 0 Å². The minimum atomic E-state index is 0.349. The monoisotopic (exact) mass is 244 g/mol. The first-order valence-electron chi connectivity index (χ1n) is 6.68. The van der Waals surface area contributed by atoms with Crippen LogP contribution in [0.15, 0.2) is 0 Å². The van der Waals surface area contributed by atoms with Gasteiger partial charge in [0.2, 0.25) is 0 Å². The molecule has 16 heavy (non-hydrogen) atoms. The normalized spacial score (nSPS) is 24.9. The van der Waals surface area contributed by atoms with E-state index >= 15 is 0 Å².